The van der Waals surface area contributed by atoms with Gasteiger partial charge in [-0.15, -0.1) is 11.8 Å². The number of carbonyl (C=O) groups excluding carboxylic acids is 2. The van der Waals surface area contributed by atoms with E-state index in [1.807, 2.05) is 35.1 Å². The number of amides is 3. The Labute approximate surface area is 452 Å². The molecule has 4 aliphatic carbocycles. The first kappa shape index (κ1) is 58.2. The number of nitrogens with zero attached hydrogens (tertiary/aromatic N) is 4. The fourth-order valence-electron chi connectivity index (χ4n) is 11.7. The highest BCUT2D eigenvalue weighted by molar-refractivity contribution is 7.99. The van der Waals surface area contributed by atoms with E-state index < -0.39 is 70.7 Å². The zero-order valence-corrected chi connectivity index (χ0v) is 46.0. The third-order valence-corrected chi connectivity index (χ3v) is 20.2. The number of halogens is 5. The number of hydrogen-bond acceptors (Lipinski definition) is 12. The highest BCUT2D eigenvalue weighted by Crippen LogP contribution is 2.79. The van der Waals surface area contributed by atoms with Crippen molar-refractivity contribution in [2.45, 2.75) is 117 Å². The summed E-state index contributed by atoms with van der Waals surface area (Å²) in [5.74, 6) is -0.791. The van der Waals surface area contributed by atoms with Crippen molar-refractivity contribution in [3.8, 4) is 0 Å². The number of carbonyl (C=O) groups is 3. The van der Waals surface area contributed by atoms with Gasteiger partial charge in [-0.2, -0.15) is 13.2 Å². The van der Waals surface area contributed by atoms with Gasteiger partial charge in [0.1, 0.15) is 4.90 Å². The van der Waals surface area contributed by atoms with Crippen LogP contribution in [-0.4, -0.2) is 150 Å². The largest absolute Gasteiger partial charge is 0.501 e. The molecule has 4 N–H and O–H groups in total. The third kappa shape index (κ3) is 13.9. The quantitative estimate of drug-likeness (QED) is 0.0305. The molecule has 0 radical (unpaired) electrons. The SMILES string of the molecule is CC1(C)CCC(CN2CCN(c3ccc(C(=O)NS(=O)(=O)c4ccc(NC(CCN5CCN(C(=O)CCCCCNC(=O)O)CC5)CSc5ccccc5)c(S(=O)(=O)C(F)(F)F)c4)cc3)CC2)=C(C23CC(C(F)F)(C2)C3)C1. The van der Waals surface area contributed by atoms with Gasteiger partial charge < -0.3 is 25.5 Å². The topological polar surface area (TPSA) is 189 Å². The van der Waals surface area contributed by atoms with Gasteiger partial charge in [-0.05, 0) is 123 Å². The Bertz CT molecular complexity index is 2840. The molecule has 3 amide bonds. The molecule has 77 heavy (non-hydrogen) atoms. The van der Waals surface area contributed by atoms with Crippen molar-refractivity contribution in [3.05, 3.63) is 89.5 Å². The van der Waals surface area contributed by atoms with E-state index in [1.54, 1.807) is 17.0 Å². The van der Waals surface area contributed by atoms with Crippen molar-refractivity contribution in [1.29, 1.82) is 0 Å². The maximum atomic E-state index is 14.4. The van der Waals surface area contributed by atoms with Gasteiger partial charge in [-0.3, -0.25) is 19.4 Å². The van der Waals surface area contributed by atoms with Crippen LogP contribution < -0.4 is 20.3 Å². The predicted octanol–water partition coefficient (Wildman–Crippen LogP) is 9.10. The van der Waals surface area contributed by atoms with Gasteiger partial charge in [0.15, 0.2) is 0 Å². The van der Waals surface area contributed by atoms with Crippen molar-refractivity contribution in [3.63, 3.8) is 0 Å². The zero-order chi connectivity index (χ0) is 55.4. The first-order valence-corrected chi connectivity index (χ1v) is 30.3. The lowest BCUT2D eigenvalue weighted by Gasteiger charge is -2.72. The molecule has 2 saturated heterocycles. The minimum atomic E-state index is -6.14. The predicted molar refractivity (Wildman–Crippen MR) is 286 cm³/mol. The highest BCUT2D eigenvalue weighted by atomic mass is 32.2. The molecule has 9 rings (SSSR count). The van der Waals surface area contributed by atoms with Crippen molar-refractivity contribution < 1.29 is 58.3 Å². The minimum absolute atomic E-state index is 0.00603. The van der Waals surface area contributed by atoms with Crippen LogP contribution in [0.3, 0.4) is 0 Å². The summed E-state index contributed by atoms with van der Waals surface area (Å²) in [6.45, 7) is 10.9. The van der Waals surface area contributed by atoms with Crippen LogP contribution in [0.4, 0.5) is 38.1 Å². The minimum Gasteiger partial charge on any atom is -0.465 e. The van der Waals surface area contributed by atoms with Gasteiger partial charge in [0.2, 0.25) is 12.3 Å². The Hall–Kier alpha value is -4.97. The molecule has 3 aromatic carbocycles. The van der Waals surface area contributed by atoms with Crippen molar-refractivity contribution in [2.75, 3.05) is 88.0 Å². The number of allylic oxidation sites excluding steroid dienone is 1. The van der Waals surface area contributed by atoms with E-state index in [0.29, 0.717) is 110 Å². The van der Waals surface area contributed by atoms with Crippen LogP contribution in [0.1, 0.15) is 94.8 Å². The molecule has 5 fully saturated rings. The number of thioether (sulfide) groups is 1. The van der Waals surface area contributed by atoms with Crippen molar-refractivity contribution in [1.82, 2.24) is 24.7 Å². The van der Waals surface area contributed by atoms with Crippen molar-refractivity contribution in [2.24, 2.45) is 16.2 Å². The van der Waals surface area contributed by atoms with Crippen LogP contribution in [0, 0.1) is 16.2 Å². The molecular formula is C54H70F5N7O8S3. The lowest BCUT2D eigenvalue weighted by Crippen LogP contribution is -2.66. The van der Waals surface area contributed by atoms with Crippen LogP contribution in [0.25, 0.3) is 0 Å². The Balaban J connectivity index is 0.885. The number of rotatable bonds is 23. The molecule has 0 aromatic heterocycles. The van der Waals surface area contributed by atoms with Crippen LogP contribution in [0.15, 0.2) is 98.6 Å². The van der Waals surface area contributed by atoms with Gasteiger partial charge >= 0.3 is 11.6 Å². The number of anilines is 2. The van der Waals surface area contributed by atoms with Crippen molar-refractivity contribution >= 4 is 60.9 Å². The fourth-order valence-corrected chi connectivity index (χ4v) is 14.8. The molecule has 0 spiro atoms. The lowest BCUT2D eigenvalue weighted by molar-refractivity contribution is -0.250. The Morgan fingerprint density at radius 2 is 1.48 bits per heavy atom. The molecule has 2 aliphatic heterocycles. The molecule has 422 valence electrons. The van der Waals surface area contributed by atoms with Gasteiger partial charge in [0.25, 0.3) is 25.8 Å². The van der Waals surface area contributed by atoms with Gasteiger partial charge in [-0.1, -0.05) is 49.6 Å². The number of hydrogen-bond donors (Lipinski definition) is 4. The van der Waals surface area contributed by atoms with E-state index in [-0.39, 0.29) is 28.1 Å². The number of sulfonamides is 1. The zero-order valence-electron chi connectivity index (χ0n) is 43.6. The summed E-state index contributed by atoms with van der Waals surface area (Å²) in [5.41, 5.74) is -3.42. The summed E-state index contributed by atoms with van der Waals surface area (Å²) in [6, 6.07) is 17.2. The maximum absolute atomic E-state index is 14.4. The van der Waals surface area contributed by atoms with Crippen LogP contribution >= 0.6 is 11.8 Å². The van der Waals surface area contributed by atoms with Gasteiger partial charge in [0, 0.05) is 112 Å². The van der Waals surface area contributed by atoms with Crippen LogP contribution in [0.2, 0.25) is 0 Å². The van der Waals surface area contributed by atoms with E-state index in [0.717, 1.165) is 61.6 Å². The Kier molecular flexibility index (Phi) is 18.0. The first-order valence-electron chi connectivity index (χ1n) is 26.4. The summed E-state index contributed by atoms with van der Waals surface area (Å²) in [6.07, 6.45) is 3.97. The average Bonchev–Trinajstić information content (AvgIpc) is 3.46. The summed E-state index contributed by atoms with van der Waals surface area (Å²) in [7, 11) is -11.1. The van der Waals surface area contributed by atoms with Crippen LogP contribution in [0.5, 0.6) is 0 Å². The third-order valence-electron chi connectivity index (χ3n) is 16.1. The number of sulfone groups is 1. The molecule has 6 aliphatic rings. The smallest absolute Gasteiger partial charge is 0.465 e. The summed E-state index contributed by atoms with van der Waals surface area (Å²) >= 11 is 1.40. The Morgan fingerprint density at radius 1 is 0.818 bits per heavy atom. The van der Waals surface area contributed by atoms with Crippen LogP contribution in [-0.2, 0) is 24.7 Å². The second-order valence-electron chi connectivity index (χ2n) is 22.3. The monoisotopic (exact) mass is 1140 g/mol. The van der Waals surface area contributed by atoms with E-state index >= 15 is 0 Å². The molecule has 3 aromatic rings. The molecular weight excluding hydrogens is 1070 g/mol. The molecule has 1 atom stereocenters. The average molecular weight is 1140 g/mol. The van der Waals surface area contributed by atoms with E-state index in [4.69, 9.17) is 5.11 Å². The second-order valence-corrected chi connectivity index (χ2v) is 27.0. The highest BCUT2D eigenvalue weighted by Gasteiger charge is 2.73. The van der Waals surface area contributed by atoms with E-state index in [2.05, 4.69) is 39.2 Å². The fraction of sp³-hybridized carbons (Fsp3) is 0.574. The first-order chi connectivity index (χ1) is 36.4. The second kappa shape index (κ2) is 23.8. The Morgan fingerprint density at radius 3 is 2.12 bits per heavy atom. The number of piperazine rings is 2. The maximum Gasteiger partial charge on any atom is 0.501 e. The van der Waals surface area contributed by atoms with E-state index in [1.165, 1.54) is 35.0 Å². The number of benzene rings is 3. The summed E-state index contributed by atoms with van der Waals surface area (Å²) in [4.78, 5) is 44.1. The van der Waals surface area contributed by atoms with Gasteiger partial charge in [0.05, 0.1) is 10.6 Å². The number of alkyl halides is 5. The molecule has 1 unspecified atom stereocenters. The van der Waals surface area contributed by atoms with Gasteiger partial charge in [-0.25, -0.2) is 35.1 Å². The molecule has 2 heterocycles. The molecule has 2 bridgehead atoms. The molecule has 15 nitrogen and oxygen atoms in total. The molecule has 3 saturated carbocycles. The molecule has 23 heteroatoms. The lowest BCUT2D eigenvalue weighted by atomic mass is 9.32. The summed E-state index contributed by atoms with van der Waals surface area (Å²) in [5, 5.41) is 14.0. The number of unbranched alkanes of at least 4 members (excludes halogenated alkanes) is 2. The normalized spacial score (nSPS) is 22.5. The summed E-state index contributed by atoms with van der Waals surface area (Å²) < 4.78 is 126. The standard InChI is InChI=1S/C54H70F5N7O8S3/c1-51(2)20-18-39(44(32-51)52-35-53(36-52,37-52)49(55)56)33-64-25-27-65(28-26-64)41-14-12-38(13-15-41)48(68)62-77(73,74)43-16-17-45(46(31-43)76(71,72)54(57,58)59)61-40(34-75-42-9-5-3-6-10-42)19-22-63-23-29-66(30-24-63)47(67)11-7-4-8-21-60-50(69)70/h3,5-6,9-10,12-17,31,40,49,60-61H,4,7-8,11,18-30,32-37H2,1-2H3,(H,62,68)(H,69,70). The number of carboxylic acid groups (broad SMARTS) is 1. The van der Waals surface area contributed by atoms with E-state index in [9.17, 15) is 53.2 Å². The number of nitrogens with one attached hydrogen (secondary N) is 3.